The number of methoxy groups -OCH3 is 1. The van der Waals surface area contributed by atoms with Crippen molar-refractivity contribution in [1.29, 1.82) is 0 Å². The van der Waals surface area contributed by atoms with Crippen LogP contribution in [0.4, 0.5) is 0 Å². The number of rotatable bonds is 4. The van der Waals surface area contributed by atoms with Crippen molar-refractivity contribution in [2.24, 2.45) is 5.92 Å². The summed E-state index contributed by atoms with van der Waals surface area (Å²) in [4.78, 5) is 18.3. The van der Waals surface area contributed by atoms with Gasteiger partial charge < -0.3 is 9.72 Å². The predicted octanol–water partition coefficient (Wildman–Crippen LogP) is 3.72. The van der Waals surface area contributed by atoms with Crippen molar-refractivity contribution in [2.45, 2.75) is 38.1 Å². The third kappa shape index (κ3) is 2.51. The lowest BCUT2D eigenvalue weighted by Crippen LogP contribution is -2.51. The standard InChI is InChI=1S/C21H26N2O2/c1-4-9-23-12-13(21(24)25-3)10-15-14-7-6-8-18-20(14)16(11-19(15)23)17(5-2)22-18/h5-8,13,15,19,22H,2,4,9-12H2,1,3H3/t13-,15?,19+/m0/s1. The molecule has 1 fully saturated rings. The van der Waals surface area contributed by atoms with Crippen LogP contribution in [0.1, 0.15) is 42.5 Å². The Labute approximate surface area is 148 Å². The largest absolute Gasteiger partial charge is 0.469 e. The number of nitrogens with zero attached hydrogens (tertiary/aromatic N) is 1. The van der Waals surface area contributed by atoms with Crippen LogP contribution in [0.25, 0.3) is 17.0 Å². The van der Waals surface area contributed by atoms with Crippen molar-refractivity contribution in [1.82, 2.24) is 9.88 Å². The van der Waals surface area contributed by atoms with Gasteiger partial charge in [-0.1, -0.05) is 25.6 Å². The maximum Gasteiger partial charge on any atom is 0.309 e. The van der Waals surface area contributed by atoms with Crippen LogP contribution in [-0.2, 0) is 16.0 Å². The van der Waals surface area contributed by atoms with Gasteiger partial charge in [0.25, 0.3) is 0 Å². The van der Waals surface area contributed by atoms with E-state index in [4.69, 9.17) is 4.74 Å². The molecule has 0 bridgehead atoms. The van der Waals surface area contributed by atoms with Crippen molar-refractivity contribution in [3.63, 3.8) is 0 Å². The van der Waals surface area contributed by atoms with Crippen LogP contribution < -0.4 is 0 Å². The molecule has 25 heavy (non-hydrogen) atoms. The number of aromatic nitrogens is 1. The van der Waals surface area contributed by atoms with Crippen LogP contribution in [0.15, 0.2) is 24.8 Å². The SMILES string of the molecule is C=Cc1[nH]c2cccc3c2c1C[C@@H]1C3C[C@H](C(=O)OC)CN1CCC. The Bertz CT molecular complexity index is 823. The molecule has 0 amide bonds. The number of hydrogen-bond donors (Lipinski definition) is 1. The minimum Gasteiger partial charge on any atom is -0.469 e. The van der Waals surface area contributed by atoms with Gasteiger partial charge in [-0.3, -0.25) is 9.69 Å². The van der Waals surface area contributed by atoms with Gasteiger partial charge in [0.1, 0.15) is 0 Å². The number of H-pyrrole nitrogens is 1. The lowest BCUT2D eigenvalue weighted by molar-refractivity contribution is -0.148. The molecule has 0 spiro atoms. The Kier molecular flexibility index (Phi) is 4.16. The van der Waals surface area contributed by atoms with Crippen LogP contribution in [0.3, 0.4) is 0 Å². The third-order valence-corrected chi connectivity index (χ3v) is 5.98. The lowest BCUT2D eigenvalue weighted by Gasteiger charge is -2.46. The maximum absolute atomic E-state index is 12.3. The Morgan fingerprint density at radius 2 is 2.32 bits per heavy atom. The van der Waals surface area contributed by atoms with Gasteiger partial charge in [0.2, 0.25) is 0 Å². The molecule has 1 saturated heterocycles. The van der Waals surface area contributed by atoms with Crippen LogP contribution in [-0.4, -0.2) is 42.1 Å². The predicted molar refractivity (Wildman–Crippen MR) is 101 cm³/mol. The molecule has 3 atom stereocenters. The van der Waals surface area contributed by atoms with Gasteiger partial charge in [-0.25, -0.2) is 0 Å². The maximum atomic E-state index is 12.3. The number of ether oxygens (including phenoxy) is 1. The van der Waals surface area contributed by atoms with E-state index in [2.05, 4.69) is 41.6 Å². The van der Waals surface area contributed by atoms with Crippen molar-refractivity contribution in [3.05, 3.63) is 41.6 Å². The Morgan fingerprint density at radius 3 is 3.04 bits per heavy atom. The molecule has 2 heterocycles. The van der Waals surface area contributed by atoms with Gasteiger partial charge in [-0.2, -0.15) is 0 Å². The van der Waals surface area contributed by atoms with Crippen LogP contribution in [0.2, 0.25) is 0 Å². The summed E-state index contributed by atoms with van der Waals surface area (Å²) >= 11 is 0. The van der Waals surface area contributed by atoms with E-state index in [0.29, 0.717) is 12.0 Å². The fourth-order valence-electron chi connectivity index (χ4n) is 4.97. The van der Waals surface area contributed by atoms with Crippen molar-refractivity contribution in [2.75, 3.05) is 20.2 Å². The summed E-state index contributed by atoms with van der Waals surface area (Å²) in [5.41, 5.74) is 5.10. The van der Waals surface area contributed by atoms with Gasteiger partial charge in [0.05, 0.1) is 13.0 Å². The topological polar surface area (TPSA) is 45.3 Å². The average molecular weight is 338 g/mol. The fraction of sp³-hybridized carbons (Fsp3) is 0.476. The van der Waals surface area contributed by atoms with Crippen LogP contribution >= 0.6 is 0 Å². The molecule has 0 saturated carbocycles. The molecule has 1 aromatic heterocycles. The molecular formula is C21H26N2O2. The number of carbonyl (C=O) groups is 1. The summed E-state index contributed by atoms with van der Waals surface area (Å²) in [6.45, 7) is 8.02. The first kappa shape index (κ1) is 16.4. The molecule has 1 N–H and O–H groups in total. The number of carbonyl (C=O) groups excluding carboxylic acids is 1. The normalized spacial score (nSPS) is 25.6. The molecule has 1 unspecified atom stereocenters. The van der Waals surface area contributed by atoms with E-state index in [9.17, 15) is 4.79 Å². The summed E-state index contributed by atoms with van der Waals surface area (Å²) < 4.78 is 5.07. The molecule has 4 nitrogen and oxygen atoms in total. The molecule has 4 heteroatoms. The van der Waals surface area contributed by atoms with Gasteiger partial charge >= 0.3 is 5.97 Å². The molecular weight excluding hydrogens is 312 g/mol. The molecule has 1 aliphatic heterocycles. The number of esters is 1. The zero-order valence-electron chi connectivity index (χ0n) is 15.0. The van der Waals surface area contributed by atoms with Gasteiger partial charge in [-0.15, -0.1) is 0 Å². The minimum atomic E-state index is -0.0709. The van der Waals surface area contributed by atoms with E-state index in [1.807, 2.05) is 6.08 Å². The highest BCUT2D eigenvalue weighted by Crippen LogP contribution is 2.46. The molecule has 1 aliphatic carbocycles. The quantitative estimate of drug-likeness (QED) is 0.864. The summed E-state index contributed by atoms with van der Waals surface area (Å²) in [7, 11) is 1.50. The van der Waals surface area contributed by atoms with Gasteiger partial charge in [0, 0.05) is 35.1 Å². The molecule has 132 valence electrons. The van der Waals surface area contributed by atoms with Crippen LogP contribution in [0.5, 0.6) is 0 Å². The number of nitrogens with one attached hydrogen (secondary N) is 1. The molecule has 1 aromatic carbocycles. The van der Waals surface area contributed by atoms with Crippen LogP contribution in [0, 0.1) is 5.92 Å². The fourth-order valence-corrected chi connectivity index (χ4v) is 4.97. The molecule has 0 radical (unpaired) electrons. The molecule has 2 aromatic rings. The van der Waals surface area contributed by atoms with Gasteiger partial charge in [0.15, 0.2) is 0 Å². The smallest absolute Gasteiger partial charge is 0.309 e. The van der Waals surface area contributed by atoms with Crippen molar-refractivity contribution in [3.8, 4) is 0 Å². The highest BCUT2D eigenvalue weighted by atomic mass is 16.5. The monoisotopic (exact) mass is 338 g/mol. The second-order valence-corrected chi connectivity index (χ2v) is 7.32. The zero-order valence-corrected chi connectivity index (χ0v) is 15.0. The number of benzene rings is 1. The Balaban J connectivity index is 1.82. The highest BCUT2D eigenvalue weighted by molar-refractivity contribution is 5.91. The first-order valence-electron chi connectivity index (χ1n) is 9.25. The summed E-state index contributed by atoms with van der Waals surface area (Å²) in [6.07, 6.45) is 4.93. The second-order valence-electron chi connectivity index (χ2n) is 7.32. The zero-order chi connectivity index (χ0) is 17.6. The summed E-state index contributed by atoms with van der Waals surface area (Å²) in [6, 6.07) is 6.96. The number of likely N-dealkylation sites (tertiary alicyclic amines) is 1. The summed E-state index contributed by atoms with van der Waals surface area (Å²) in [5.74, 6) is 0.278. The van der Waals surface area contributed by atoms with Crippen molar-refractivity contribution >= 4 is 22.9 Å². The third-order valence-electron chi connectivity index (χ3n) is 5.98. The first-order valence-corrected chi connectivity index (χ1v) is 9.25. The van der Waals surface area contributed by atoms with E-state index in [1.54, 1.807) is 0 Å². The summed E-state index contributed by atoms with van der Waals surface area (Å²) in [5, 5.41) is 1.35. The van der Waals surface area contributed by atoms with Crippen molar-refractivity contribution < 1.29 is 9.53 Å². The van der Waals surface area contributed by atoms with E-state index < -0.39 is 0 Å². The van der Waals surface area contributed by atoms with E-state index in [-0.39, 0.29) is 11.9 Å². The Morgan fingerprint density at radius 1 is 1.48 bits per heavy atom. The lowest BCUT2D eigenvalue weighted by atomic mass is 9.72. The number of hydrogen-bond acceptors (Lipinski definition) is 3. The van der Waals surface area contributed by atoms with E-state index >= 15 is 0 Å². The number of aromatic amines is 1. The number of fused-ring (bicyclic) bond motifs is 2. The van der Waals surface area contributed by atoms with Gasteiger partial charge in [-0.05, 0) is 49.1 Å². The molecule has 2 aliphatic rings. The first-order chi connectivity index (χ1) is 12.2. The number of piperidine rings is 1. The highest BCUT2D eigenvalue weighted by Gasteiger charge is 2.43. The Hall–Kier alpha value is -2.07. The minimum absolute atomic E-state index is 0.0348. The second kappa shape index (κ2) is 6.34. The molecule has 4 rings (SSSR count). The average Bonchev–Trinajstić information content (AvgIpc) is 3.01. The van der Waals surface area contributed by atoms with E-state index in [0.717, 1.165) is 38.0 Å². The van der Waals surface area contributed by atoms with E-state index in [1.165, 1.54) is 29.1 Å².